The molecule has 27 heteroatoms. The van der Waals surface area contributed by atoms with E-state index in [4.69, 9.17) is 44.0 Å². The van der Waals surface area contributed by atoms with Gasteiger partial charge in [-0.3, -0.25) is 9.36 Å². The minimum absolute atomic E-state index is 0.189. The average molecular weight is 1290 g/mol. The van der Waals surface area contributed by atoms with E-state index in [-0.39, 0.29) is 30.6 Å². The Morgan fingerprint density at radius 3 is 1.57 bits per heavy atom. The highest BCUT2D eigenvalue weighted by molar-refractivity contribution is 9.10. The van der Waals surface area contributed by atoms with Crippen molar-refractivity contribution < 1.29 is 46.7 Å². The van der Waals surface area contributed by atoms with E-state index in [2.05, 4.69) is 47.2 Å². The Hall–Kier alpha value is -8.40. The summed E-state index contributed by atoms with van der Waals surface area (Å²) < 4.78 is 87.2. The SMILES string of the molecule is CC(C)(O)Cn1cc(Br)cn1.COc1ccc(CNc2nc3c(OC)cc(F)cc3c3nc(C4CC(F)CN(c5cnn(CC(C)(C)O)c5)C4)nn23)c(C)c1.COc1ccc(CNc2nc3c(OC)cc(F)cc3c3nc(C4CNCC(F)C4)nn23)c(C)c1. The molecule has 0 bridgehead atoms. The molecule has 4 aromatic carbocycles. The number of aromatic nitrogens is 12. The zero-order valence-electron chi connectivity index (χ0n) is 51.2. The van der Waals surface area contributed by atoms with Crippen molar-refractivity contribution >= 4 is 66.6 Å². The van der Waals surface area contributed by atoms with Gasteiger partial charge in [0, 0.05) is 75.6 Å². The monoisotopic (exact) mass is 1290 g/mol. The Kier molecular flexibility index (Phi) is 19.1. The zero-order chi connectivity index (χ0) is 63.5. The van der Waals surface area contributed by atoms with Gasteiger partial charge < -0.3 is 50.0 Å². The number of hydrogen-bond acceptors (Lipinski definition) is 18. The fourth-order valence-electron chi connectivity index (χ4n) is 10.9. The van der Waals surface area contributed by atoms with Crippen LogP contribution in [0.3, 0.4) is 0 Å². The quantitative estimate of drug-likeness (QED) is 0.0533. The number of methoxy groups -OCH3 is 4. The molecule has 5 N–H and O–H groups in total. The summed E-state index contributed by atoms with van der Waals surface area (Å²) in [7, 11) is 6.19. The van der Waals surface area contributed by atoms with Gasteiger partial charge in [0.25, 0.3) is 0 Å². The van der Waals surface area contributed by atoms with Crippen molar-refractivity contribution in [1.29, 1.82) is 0 Å². The van der Waals surface area contributed by atoms with Gasteiger partial charge in [0.05, 0.1) is 86.1 Å². The molecule has 0 saturated carbocycles. The van der Waals surface area contributed by atoms with Crippen molar-refractivity contribution in [3.63, 3.8) is 0 Å². The van der Waals surface area contributed by atoms with E-state index in [1.807, 2.05) is 61.3 Å². The summed E-state index contributed by atoms with van der Waals surface area (Å²) >= 11 is 3.27. The molecule has 89 heavy (non-hydrogen) atoms. The normalized spacial score (nSPS) is 17.1. The Labute approximate surface area is 519 Å². The maximum absolute atomic E-state index is 15.2. The molecule has 0 radical (unpaired) electrons. The first-order valence-electron chi connectivity index (χ1n) is 29.0. The minimum Gasteiger partial charge on any atom is -0.497 e. The summed E-state index contributed by atoms with van der Waals surface area (Å²) in [4.78, 5) is 20.9. The van der Waals surface area contributed by atoms with Crippen LogP contribution >= 0.6 is 15.9 Å². The minimum atomic E-state index is -1.12. The van der Waals surface area contributed by atoms with Gasteiger partial charge in [-0.05, 0) is 129 Å². The number of aryl methyl sites for hydroxylation is 2. The molecule has 0 amide bonds. The van der Waals surface area contributed by atoms with E-state index in [1.54, 1.807) is 78.9 Å². The number of ether oxygens (including phenoxy) is 4. The lowest BCUT2D eigenvalue weighted by atomic mass is 9.96. The van der Waals surface area contributed by atoms with Gasteiger partial charge in [0.2, 0.25) is 11.9 Å². The van der Waals surface area contributed by atoms with Crippen molar-refractivity contribution in [2.75, 3.05) is 70.2 Å². The van der Waals surface area contributed by atoms with E-state index in [1.165, 1.54) is 38.5 Å². The predicted octanol–water partition coefficient (Wildman–Crippen LogP) is 9.84. The van der Waals surface area contributed by atoms with Gasteiger partial charge >= 0.3 is 0 Å². The van der Waals surface area contributed by atoms with Crippen LogP contribution < -0.4 is 39.8 Å². The number of rotatable bonds is 17. The summed E-state index contributed by atoms with van der Waals surface area (Å²) in [5.74, 6) is 2.38. The standard InChI is InChI=1S/C31H36F2N8O3.C24H26F2N6O2.C7H11BrN2O/c1-18-8-24(43-4)7-6-19(18)12-34-30-36-27-25(10-21(32)11-26(27)44-5)29-37-28(38-41(29)30)20-9-22(33)15-39(14-20)23-13-35-40(16-23)17-31(2,3)42;1-13-6-18(33-2)5-4-14(13)11-28-24-29-21-19(8-16(25)9-20(21)34-3)23-30-22(31-32(23)24)15-7-17(26)12-27-10-15;1-7(2,11)5-10-4-6(8)3-9-10/h6-8,10-11,13,16,20,22,42H,9,12,14-15,17H2,1-5H3,(H,34,36);4-6,8-9,15,17,27H,7,10-12H2,1-3H3,(H,28,29);3-4,11H,5H2,1-2H3. The van der Waals surface area contributed by atoms with Crippen molar-refractivity contribution in [3.8, 4) is 23.0 Å². The molecule has 0 spiro atoms. The van der Waals surface area contributed by atoms with Crippen molar-refractivity contribution in [2.24, 2.45) is 0 Å². The van der Waals surface area contributed by atoms with Crippen molar-refractivity contribution in [2.45, 2.75) is 116 Å². The summed E-state index contributed by atoms with van der Waals surface area (Å²) in [5, 5.41) is 48.1. The maximum Gasteiger partial charge on any atom is 0.226 e. The molecular formula is C62H73BrF4N16O6. The third-order valence-corrected chi connectivity index (χ3v) is 15.6. The van der Waals surface area contributed by atoms with Gasteiger partial charge in [-0.1, -0.05) is 12.1 Å². The first-order valence-corrected chi connectivity index (χ1v) is 29.8. The number of nitrogens with zero attached hydrogens (tertiary/aromatic N) is 13. The fourth-order valence-corrected chi connectivity index (χ4v) is 11.2. The Morgan fingerprint density at radius 2 is 1.11 bits per heavy atom. The number of anilines is 3. The molecule has 8 heterocycles. The second kappa shape index (κ2) is 26.7. The van der Waals surface area contributed by atoms with Gasteiger partial charge in [0.1, 0.15) is 58.0 Å². The summed E-state index contributed by atoms with van der Waals surface area (Å²) in [5.41, 5.74) is 5.02. The molecule has 4 atom stereocenters. The van der Waals surface area contributed by atoms with Crippen LogP contribution in [0.4, 0.5) is 35.1 Å². The molecule has 4 unspecified atom stereocenters. The average Bonchev–Trinajstić information content (AvgIpc) is 1.78. The number of hydrogen-bond donors (Lipinski definition) is 5. The van der Waals surface area contributed by atoms with E-state index in [9.17, 15) is 23.4 Å². The lowest BCUT2D eigenvalue weighted by Crippen LogP contribution is -2.41. The molecular weight excluding hydrogens is 1220 g/mol. The summed E-state index contributed by atoms with van der Waals surface area (Å²) in [6.45, 7) is 14.2. The van der Waals surface area contributed by atoms with E-state index in [0.29, 0.717) is 115 Å². The second-order valence-corrected chi connectivity index (χ2v) is 24.5. The van der Waals surface area contributed by atoms with Crippen LogP contribution in [0.15, 0.2) is 89.9 Å². The molecule has 12 rings (SSSR count). The number of benzene rings is 4. The van der Waals surface area contributed by atoms with Crippen LogP contribution in [0.2, 0.25) is 0 Å². The van der Waals surface area contributed by atoms with Crippen LogP contribution in [0.25, 0.3) is 33.1 Å². The largest absolute Gasteiger partial charge is 0.497 e. The van der Waals surface area contributed by atoms with Crippen LogP contribution in [-0.4, -0.2) is 147 Å². The molecule has 0 aliphatic carbocycles. The summed E-state index contributed by atoms with van der Waals surface area (Å²) in [6, 6.07) is 17.0. The van der Waals surface area contributed by atoms with E-state index in [0.717, 1.165) is 43.9 Å². The lowest BCUT2D eigenvalue weighted by Gasteiger charge is -2.34. The highest BCUT2D eigenvalue weighted by Crippen LogP contribution is 2.36. The van der Waals surface area contributed by atoms with Crippen LogP contribution in [0.5, 0.6) is 23.0 Å². The number of alkyl halides is 2. The molecule has 6 aromatic heterocycles. The van der Waals surface area contributed by atoms with Gasteiger partial charge in [-0.25, -0.2) is 37.5 Å². The molecule has 10 aromatic rings. The smallest absolute Gasteiger partial charge is 0.226 e. The Bertz CT molecular complexity index is 4130. The zero-order valence-corrected chi connectivity index (χ0v) is 52.8. The summed E-state index contributed by atoms with van der Waals surface area (Å²) in [6.07, 6.45) is 5.49. The van der Waals surface area contributed by atoms with Crippen LogP contribution in [0, 0.1) is 25.5 Å². The number of halogens is 5. The molecule has 2 aliphatic heterocycles. The van der Waals surface area contributed by atoms with Crippen molar-refractivity contribution in [1.82, 2.24) is 64.0 Å². The highest BCUT2D eigenvalue weighted by Gasteiger charge is 2.33. The number of fused-ring (bicyclic) bond motifs is 6. The van der Waals surface area contributed by atoms with Gasteiger partial charge in [-0.2, -0.15) is 19.2 Å². The topological polar surface area (TPSA) is 239 Å². The van der Waals surface area contributed by atoms with Crippen LogP contribution in [-0.2, 0) is 26.2 Å². The molecule has 2 aliphatic rings. The maximum atomic E-state index is 15.2. The van der Waals surface area contributed by atoms with Crippen LogP contribution in [0.1, 0.15) is 86.3 Å². The first-order chi connectivity index (χ1) is 42.4. The number of nitrogens with one attached hydrogen (secondary N) is 3. The van der Waals surface area contributed by atoms with E-state index >= 15 is 4.39 Å². The third kappa shape index (κ3) is 15.2. The number of aliphatic hydroxyl groups is 2. The molecule has 472 valence electrons. The third-order valence-electron chi connectivity index (χ3n) is 15.2. The number of piperidine rings is 2. The first kappa shape index (κ1) is 63.6. The van der Waals surface area contributed by atoms with Gasteiger partial charge in [0.15, 0.2) is 22.9 Å². The highest BCUT2D eigenvalue weighted by atomic mass is 79.9. The van der Waals surface area contributed by atoms with Gasteiger partial charge in [-0.15, -0.1) is 10.2 Å². The molecule has 2 fully saturated rings. The Morgan fingerprint density at radius 1 is 0.618 bits per heavy atom. The molecule has 22 nitrogen and oxygen atoms in total. The fraction of sp³-hybridized carbons (Fsp3) is 0.419. The Balaban J connectivity index is 0.000000171. The molecule has 2 saturated heterocycles. The second-order valence-electron chi connectivity index (χ2n) is 23.6. The predicted molar refractivity (Wildman–Crippen MR) is 334 cm³/mol. The lowest BCUT2D eigenvalue weighted by molar-refractivity contribution is 0.0571. The van der Waals surface area contributed by atoms with E-state index < -0.39 is 35.2 Å². The van der Waals surface area contributed by atoms with Crippen molar-refractivity contribution in [3.05, 3.63) is 135 Å².